The number of carbonyl (C=O) groups is 1. The SMILES string of the molecule is COCCNC(=O)COC(C)(C)COC(C)(C)C. The van der Waals surface area contributed by atoms with Gasteiger partial charge in [-0.2, -0.15) is 0 Å². The molecular weight excluding hydrogens is 234 g/mol. The predicted molar refractivity (Wildman–Crippen MR) is 70.6 cm³/mol. The minimum absolute atomic E-state index is 0.0320. The Kier molecular flexibility index (Phi) is 7.43. The average Bonchev–Trinajstić information content (AvgIpc) is 2.24. The fourth-order valence-corrected chi connectivity index (χ4v) is 1.04. The van der Waals surface area contributed by atoms with Crippen LogP contribution in [0.4, 0.5) is 0 Å². The zero-order valence-corrected chi connectivity index (χ0v) is 12.5. The molecule has 0 aromatic carbocycles. The van der Waals surface area contributed by atoms with E-state index in [4.69, 9.17) is 14.2 Å². The van der Waals surface area contributed by atoms with Gasteiger partial charge in [0.25, 0.3) is 0 Å². The number of amides is 1. The maximum Gasteiger partial charge on any atom is 0.246 e. The molecule has 5 heteroatoms. The van der Waals surface area contributed by atoms with Crippen LogP contribution >= 0.6 is 0 Å². The summed E-state index contributed by atoms with van der Waals surface area (Å²) in [5.74, 6) is -0.143. The number of carbonyl (C=O) groups excluding carboxylic acids is 1. The predicted octanol–water partition coefficient (Wildman–Crippen LogP) is 1.36. The van der Waals surface area contributed by atoms with Gasteiger partial charge in [-0.1, -0.05) is 0 Å². The molecule has 0 bridgehead atoms. The third-order valence-corrected chi connectivity index (χ3v) is 2.08. The Morgan fingerprint density at radius 1 is 1.11 bits per heavy atom. The smallest absolute Gasteiger partial charge is 0.246 e. The van der Waals surface area contributed by atoms with Crippen molar-refractivity contribution in [3.05, 3.63) is 0 Å². The second-order valence-electron chi connectivity index (χ2n) is 5.79. The van der Waals surface area contributed by atoms with E-state index < -0.39 is 5.60 Å². The first-order chi connectivity index (χ1) is 8.16. The van der Waals surface area contributed by atoms with Gasteiger partial charge in [0.15, 0.2) is 0 Å². The van der Waals surface area contributed by atoms with E-state index in [1.165, 1.54) is 0 Å². The Morgan fingerprint density at radius 2 is 1.72 bits per heavy atom. The summed E-state index contributed by atoms with van der Waals surface area (Å²) >= 11 is 0. The van der Waals surface area contributed by atoms with Gasteiger partial charge in [-0.05, 0) is 34.6 Å². The largest absolute Gasteiger partial charge is 0.383 e. The molecule has 18 heavy (non-hydrogen) atoms. The van der Waals surface area contributed by atoms with Crippen LogP contribution in [0.15, 0.2) is 0 Å². The highest BCUT2D eigenvalue weighted by Crippen LogP contribution is 2.15. The summed E-state index contributed by atoms with van der Waals surface area (Å²) in [4.78, 5) is 11.4. The molecule has 0 aromatic heterocycles. The highest BCUT2D eigenvalue weighted by molar-refractivity contribution is 5.77. The van der Waals surface area contributed by atoms with Crippen LogP contribution in [-0.4, -0.2) is 50.6 Å². The molecule has 0 saturated heterocycles. The van der Waals surface area contributed by atoms with Gasteiger partial charge in [0.05, 0.1) is 24.4 Å². The molecule has 108 valence electrons. The van der Waals surface area contributed by atoms with Crippen LogP contribution in [0.3, 0.4) is 0 Å². The number of hydrogen-bond acceptors (Lipinski definition) is 4. The lowest BCUT2D eigenvalue weighted by molar-refractivity contribution is -0.142. The van der Waals surface area contributed by atoms with E-state index in [-0.39, 0.29) is 18.1 Å². The zero-order valence-electron chi connectivity index (χ0n) is 12.5. The molecule has 0 aliphatic carbocycles. The lowest BCUT2D eigenvalue weighted by atomic mass is 10.1. The molecule has 5 nitrogen and oxygen atoms in total. The molecule has 1 amide bonds. The van der Waals surface area contributed by atoms with Crippen molar-refractivity contribution in [1.29, 1.82) is 0 Å². The van der Waals surface area contributed by atoms with Crippen LogP contribution in [-0.2, 0) is 19.0 Å². The van der Waals surface area contributed by atoms with Gasteiger partial charge >= 0.3 is 0 Å². The quantitative estimate of drug-likeness (QED) is 0.670. The van der Waals surface area contributed by atoms with E-state index in [1.54, 1.807) is 7.11 Å². The number of nitrogens with one attached hydrogen (secondary N) is 1. The molecule has 0 spiro atoms. The molecule has 0 aliphatic rings. The first-order valence-corrected chi connectivity index (χ1v) is 6.20. The molecular formula is C13H27NO4. The van der Waals surface area contributed by atoms with Crippen molar-refractivity contribution in [3.8, 4) is 0 Å². The Bertz CT molecular complexity index is 246. The summed E-state index contributed by atoms with van der Waals surface area (Å²) in [5.41, 5.74) is -0.687. The van der Waals surface area contributed by atoms with Gasteiger partial charge in [-0.25, -0.2) is 0 Å². The number of rotatable bonds is 8. The van der Waals surface area contributed by atoms with Crippen molar-refractivity contribution in [1.82, 2.24) is 5.32 Å². The second kappa shape index (κ2) is 7.71. The average molecular weight is 261 g/mol. The van der Waals surface area contributed by atoms with Crippen LogP contribution < -0.4 is 5.32 Å². The Labute approximate surface area is 110 Å². The third kappa shape index (κ3) is 10.5. The summed E-state index contributed by atoms with van der Waals surface area (Å²) < 4.78 is 16.0. The van der Waals surface area contributed by atoms with Crippen molar-refractivity contribution in [2.75, 3.05) is 33.5 Å². The summed E-state index contributed by atoms with van der Waals surface area (Å²) in [6.07, 6.45) is 0. The molecule has 0 aliphatic heterocycles. The zero-order chi connectivity index (χ0) is 14.2. The molecule has 0 heterocycles. The van der Waals surface area contributed by atoms with Crippen LogP contribution in [0.1, 0.15) is 34.6 Å². The molecule has 0 atom stereocenters. The van der Waals surface area contributed by atoms with Crippen molar-refractivity contribution in [2.45, 2.75) is 45.8 Å². The van der Waals surface area contributed by atoms with Crippen molar-refractivity contribution in [2.24, 2.45) is 0 Å². The van der Waals surface area contributed by atoms with Crippen LogP contribution in [0.25, 0.3) is 0 Å². The molecule has 0 unspecified atom stereocenters. The van der Waals surface area contributed by atoms with Crippen molar-refractivity contribution >= 4 is 5.91 Å². The van der Waals surface area contributed by atoms with E-state index in [0.717, 1.165) is 0 Å². The van der Waals surface area contributed by atoms with Gasteiger partial charge < -0.3 is 19.5 Å². The fourth-order valence-electron chi connectivity index (χ4n) is 1.04. The van der Waals surface area contributed by atoms with E-state index in [0.29, 0.717) is 19.8 Å². The molecule has 0 aromatic rings. The summed E-state index contributed by atoms with van der Waals surface area (Å²) in [6.45, 7) is 11.2. The minimum atomic E-state index is -0.480. The van der Waals surface area contributed by atoms with Crippen LogP contribution in [0.5, 0.6) is 0 Å². The minimum Gasteiger partial charge on any atom is -0.383 e. The molecule has 0 radical (unpaired) electrons. The van der Waals surface area contributed by atoms with E-state index in [2.05, 4.69) is 5.32 Å². The standard InChI is InChI=1S/C13H27NO4/c1-12(2,3)18-10-13(4,5)17-9-11(15)14-7-8-16-6/h7-10H2,1-6H3,(H,14,15). The normalized spacial score (nSPS) is 12.6. The summed E-state index contributed by atoms with van der Waals surface area (Å²) in [5, 5.41) is 2.70. The summed E-state index contributed by atoms with van der Waals surface area (Å²) in [7, 11) is 1.59. The lowest BCUT2D eigenvalue weighted by Gasteiger charge is -2.29. The van der Waals surface area contributed by atoms with E-state index >= 15 is 0 Å². The first-order valence-electron chi connectivity index (χ1n) is 6.20. The molecule has 1 N–H and O–H groups in total. The monoisotopic (exact) mass is 261 g/mol. The van der Waals surface area contributed by atoms with Gasteiger partial charge in [0, 0.05) is 13.7 Å². The van der Waals surface area contributed by atoms with Gasteiger partial charge in [-0.3, -0.25) is 4.79 Å². The maximum atomic E-state index is 11.4. The summed E-state index contributed by atoms with van der Waals surface area (Å²) in [6, 6.07) is 0. The molecule has 0 saturated carbocycles. The van der Waals surface area contributed by atoms with Gasteiger partial charge in [-0.15, -0.1) is 0 Å². The Morgan fingerprint density at radius 3 is 2.22 bits per heavy atom. The molecule has 0 fully saturated rings. The number of ether oxygens (including phenoxy) is 3. The highest BCUT2D eigenvalue weighted by atomic mass is 16.6. The Balaban J connectivity index is 3.84. The number of methoxy groups -OCH3 is 1. The second-order valence-corrected chi connectivity index (χ2v) is 5.79. The third-order valence-electron chi connectivity index (χ3n) is 2.08. The fraction of sp³-hybridized carbons (Fsp3) is 0.923. The van der Waals surface area contributed by atoms with Crippen LogP contribution in [0, 0.1) is 0 Å². The van der Waals surface area contributed by atoms with Crippen molar-refractivity contribution < 1.29 is 19.0 Å². The van der Waals surface area contributed by atoms with Gasteiger partial charge in [0.1, 0.15) is 6.61 Å². The molecule has 0 rings (SSSR count). The van der Waals surface area contributed by atoms with Crippen molar-refractivity contribution in [3.63, 3.8) is 0 Å². The number of hydrogen-bond donors (Lipinski definition) is 1. The first kappa shape index (κ1) is 17.4. The van der Waals surface area contributed by atoms with E-state index in [9.17, 15) is 4.79 Å². The maximum absolute atomic E-state index is 11.4. The topological polar surface area (TPSA) is 56.8 Å². The van der Waals surface area contributed by atoms with E-state index in [1.807, 2.05) is 34.6 Å². The van der Waals surface area contributed by atoms with Crippen LogP contribution in [0.2, 0.25) is 0 Å². The Hall–Kier alpha value is -0.650. The lowest BCUT2D eigenvalue weighted by Crippen LogP contribution is -2.39. The highest BCUT2D eigenvalue weighted by Gasteiger charge is 2.23. The van der Waals surface area contributed by atoms with Gasteiger partial charge in [0.2, 0.25) is 5.91 Å².